The Kier molecular flexibility index (Phi) is 3.10. The molecule has 1 saturated heterocycles. The van der Waals surface area contributed by atoms with Crippen molar-refractivity contribution >= 4 is 5.91 Å². The smallest absolute Gasteiger partial charge is 0.226 e. The van der Waals surface area contributed by atoms with E-state index in [1.165, 1.54) is 5.69 Å². The van der Waals surface area contributed by atoms with Crippen molar-refractivity contribution < 1.29 is 4.79 Å². The van der Waals surface area contributed by atoms with E-state index in [2.05, 4.69) is 21.4 Å². The molecule has 4 heteroatoms. The Labute approximate surface area is 108 Å². The van der Waals surface area contributed by atoms with Crippen LogP contribution in [0.15, 0.2) is 12.5 Å². The van der Waals surface area contributed by atoms with Crippen LogP contribution < -0.4 is 0 Å². The van der Waals surface area contributed by atoms with Crippen LogP contribution in [0.25, 0.3) is 0 Å². The molecule has 2 aliphatic rings. The normalized spacial score (nSPS) is 24.9. The maximum atomic E-state index is 12.5. The van der Waals surface area contributed by atoms with Crippen molar-refractivity contribution in [3.8, 4) is 0 Å². The number of piperidine rings is 1. The van der Waals surface area contributed by atoms with Crippen LogP contribution in [0.5, 0.6) is 0 Å². The number of aryl methyl sites for hydroxylation is 1. The minimum Gasteiger partial charge on any atom is -0.342 e. The van der Waals surface area contributed by atoms with Gasteiger partial charge < -0.3 is 9.47 Å². The molecule has 0 saturated carbocycles. The first-order valence-electron chi connectivity index (χ1n) is 7.02. The highest BCUT2D eigenvalue weighted by molar-refractivity contribution is 5.79. The Hall–Kier alpha value is -1.32. The van der Waals surface area contributed by atoms with Gasteiger partial charge in [-0.2, -0.15) is 0 Å². The number of nitrogens with zero attached hydrogens (tertiary/aromatic N) is 3. The number of hydrogen-bond donors (Lipinski definition) is 0. The van der Waals surface area contributed by atoms with Crippen LogP contribution in [-0.4, -0.2) is 33.4 Å². The van der Waals surface area contributed by atoms with E-state index in [0.717, 1.165) is 51.2 Å². The Morgan fingerprint density at radius 1 is 1.28 bits per heavy atom. The standard InChI is InChI=1S/C14H21N3O/c1-11-2-5-16(6-3-11)14(18)12-4-7-17-10-15-9-13(17)8-12/h9-12H,2-8H2,1H3. The minimum absolute atomic E-state index is 0.183. The van der Waals surface area contributed by atoms with Gasteiger partial charge in [-0.05, 0) is 25.2 Å². The zero-order valence-corrected chi connectivity index (χ0v) is 11.0. The molecule has 0 spiro atoms. The molecule has 0 bridgehead atoms. The predicted octanol–water partition coefficient (Wildman–Crippen LogP) is 1.70. The lowest BCUT2D eigenvalue weighted by Crippen LogP contribution is -2.43. The highest BCUT2D eigenvalue weighted by Crippen LogP contribution is 2.24. The fourth-order valence-electron chi connectivity index (χ4n) is 3.07. The third-order valence-corrected chi connectivity index (χ3v) is 4.42. The van der Waals surface area contributed by atoms with E-state index in [0.29, 0.717) is 5.91 Å². The number of aromatic nitrogens is 2. The van der Waals surface area contributed by atoms with Crippen LogP contribution in [0.4, 0.5) is 0 Å². The SMILES string of the molecule is CC1CCN(C(=O)C2CCn3cncc3C2)CC1. The monoisotopic (exact) mass is 247 g/mol. The summed E-state index contributed by atoms with van der Waals surface area (Å²) >= 11 is 0. The van der Waals surface area contributed by atoms with Gasteiger partial charge in [-0.15, -0.1) is 0 Å². The van der Waals surface area contributed by atoms with Crippen molar-refractivity contribution in [1.29, 1.82) is 0 Å². The number of carbonyl (C=O) groups is 1. The molecule has 0 aromatic carbocycles. The quantitative estimate of drug-likeness (QED) is 0.757. The van der Waals surface area contributed by atoms with E-state index >= 15 is 0 Å². The molecular formula is C14H21N3O. The second-order valence-electron chi connectivity index (χ2n) is 5.78. The van der Waals surface area contributed by atoms with Crippen LogP contribution >= 0.6 is 0 Å². The van der Waals surface area contributed by atoms with Crippen molar-refractivity contribution in [3.05, 3.63) is 18.2 Å². The molecule has 1 fully saturated rings. The number of rotatable bonds is 1. The highest BCUT2D eigenvalue weighted by Gasteiger charge is 2.30. The molecular weight excluding hydrogens is 226 g/mol. The number of carbonyl (C=O) groups excluding carboxylic acids is 1. The van der Waals surface area contributed by atoms with E-state index in [-0.39, 0.29) is 5.92 Å². The first-order valence-corrected chi connectivity index (χ1v) is 7.02. The molecule has 98 valence electrons. The molecule has 0 aliphatic carbocycles. The third-order valence-electron chi connectivity index (χ3n) is 4.42. The van der Waals surface area contributed by atoms with Crippen molar-refractivity contribution in [2.75, 3.05) is 13.1 Å². The summed E-state index contributed by atoms with van der Waals surface area (Å²) in [6, 6.07) is 0. The number of hydrogen-bond acceptors (Lipinski definition) is 2. The largest absolute Gasteiger partial charge is 0.342 e. The lowest BCUT2D eigenvalue weighted by Gasteiger charge is -2.34. The Bertz CT molecular complexity index is 432. The predicted molar refractivity (Wildman–Crippen MR) is 69.0 cm³/mol. The molecule has 3 heterocycles. The number of amides is 1. The molecule has 0 N–H and O–H groups in total. The van der Waals surface area contributed by atoms with Crippen LogP contribution in [0.1, 0.15) is 31.9 Å². The number of imidazole rings is 1. The summed E-state index contributed by atoms with van der Waals surface area (Å²) in [5.41, 5.74) is 1.21. The Balaban J connectivity index is 1.64. The van der Waals surface area contributed by atoms with E-state index in [1.54, 1.807) is 0 Å². The van der Waals surface area contributed by atoms with Gasteiger partial charge in [0.1, 0.15) is 0 Å². The minimum atomic E-state index is 0.183. The second-order valence-corrected chi connectivity index (χ2v) is 5.78. The molecule has 1 aromatic heterocycles. The summed E-state index contributed by atoms with van der Waals surface area (Å²) in [7, 11) is 0. The summed E-state index contributed by atoms with van der Waals surface area (Å²) in [5, 5.41) is 0. The average molecular weight is 247 g/mol. The highest BCUT2D eigenvalue weighted by atomic mass is 16.2. The summed E-state index contributed by atoms with van der Waals surface area (Å²) in [6.45, 7) is 5.13. The topological polar surface area (TPSA) is 38.1 Å². The zero-order valence-electron chi connectivity index (χ0n) is 11.0. The van der Waals surface area contributed by atoms with Gasteiger partial charge in [-0.1, -0.05) is 6.92 Å². The molecule has 3 rings (SSSR count). The van der Waals surface area contributed by atoms with E-state index < -0.39 is 0 Å². The van der Waals surface area contributed by atoms with Crippen molar-refractivity contribution in [2.45, 2.75) is 39.2 Å². The molecule has 1 aromatic rings. The molecule has 1 unspecified atom stereocenters. The first kappa shape index (κ1) is 11.8. The summed E-state index contributed by atoms with van der Waals surface area (Å²) in [5.74, 6) is 1.33. The van der Waals surface area contributed by atoms with Crippen LogP contribution in [0.2, 0.25) is 0 Å². The van der Waals surface area contributed by atoms with Crippen LogP contribution in [-0.2, 0) is 17.8 Å². The van der Waals surface area contributed by atoms with Crippen molar-refractivity contribution in [2.24, 2.45) is 11.8 Å². The fraction of sp³-hybridized carbons (Fsp3) is 0.714. The van der Waals surface area contributed by atoms with Gasteiger partial charge in [0.05, 0.1) is 6.33 Å². The van der Waals surface area contributed by atoms with Gasteiger partial charge in [0.15, 0.2) is 0 Å². The Morgan fingerprint density at radius 3 is 2.83 bits per heavy atom. The van der Waals surface area contributed by atoms with Crippen molar-refractivity contribution in [1.82, 2.24) is 14.5 Å². The second kappa shape index (κ2) is 4.75. The molecule has 0 radical (unpaired) electrons. The third kappa shape index (κ3) is 2.16. The maximum absolute atomic E-state index is 12.5. The molecule has 1 amide bonds. The molecule has 4 nitrogen and oxygen atoms in total. The van der Waals surface area contributed by atoms with Crippen molar-refractivity contribution in [3.63, 3.8) is 0 Å². The van der Waals surface area contributed by atoms with E-state index in [9.17, 15) is 4.79 Å². The molecule has 18 heavy (non-hydrogen) atoms. The van der Waals surface area contributed by atoms with Gasteiger partial charge in [0, 0.05) is 43.9 Å². The van der Waals surface area contributed by atoms with Gasteiger partial charge in [0.2, 0.25) is 5.91 Å². The Morgan fingerprint density at radius 2 is 2.06 bits per heavy atom. The fourth-order valence-corrected chi connectivity index (χ4v) is 3.07. The van der Waals surface area contributed by atoms with Gasteiger partial charge in [-0.3, -0.25) is 4.79 Å². The molecule has 1 atom stereocenters. The lowest BCUT2D eigenvalue weighted by molar-refractivity contribution is -0.137. The zero-order chi connectivity index (χ0) is 12.5. The number of fused-ring (bicyclic) bond motifs is 1. The van der Waals surface area contributed by atoms with Gasteiger partial charge in [-0.25, -0.2) is 4.98 Å². The van der Waals surface area contributed by atoms with Gasteiger partial charge in [0.25, 0.3) is 0 Å². The first-order chi connectivity index (χ1) is 8.74. The van der Waals surface area contributed by atoms with Gasteiger partial charge >= 0.3 is 0 Å². The van der Waals surface area contributed by atoms with E-state index in [1.807, 2.05) is 12.5 Å². The van der Waals surface area contributed by atoms with E-state index in [4.69, 9.17) is 0 Å². The summed E-state index contributed by atoms with van der Waals surface area (Å²) < 4.78 is 2.17. The maximum Gasteiger partial charge on any atom is 0.226 e. The summed E-state index contributed by atoms with van der Waals surface area (Å²) in [6.07, 6.45) is 7.93. The molecule has 2 aliphatic heterocycles. The summed E-state index contributed by atoms with van der Waals surface area (Å²) in [4.78, 5) is 18.7. The van der Waals surface area contributed by atoms with Crippen LogP contribution in [0, 0.1) is 11.8 Å². The lowest BCUT2D eigenvalue weighted by atomic mass is 9.92. The number of likely N-dealkylation sites (tertiary alicyclic amines) is 1. The average Bonchev–Trinajstić information content (AvgIpc) is 2.86. The van der Waals surface area contributed by atoms with Crippen LogP contribution in [0.3, 0.4) is 0 Å².